The number of nitrogens with zero attached hydrogens (tertiary/aromatic N) is 1. The molecule has 1 heterocycles. The van der Waals surface area contributed by atoms with Gasteiger partial charge in [0.15, 0.2) is 0 Å². The summed E-state index contributed by atoms with van der Waals surface area (Å²) in [5.41, 5.74) is -0.350. The fourth-order valence-corrected chi connectivity index (χ4v) is 11.4. The number of carbonyl (C=O) groups is 4. The lowest BCUT2D eigenvalue weighted by molar-refractivity contribution is -0.143. The third-order valence-electron chi connectivity index (χ3n) is 11.1. The van der Waals surface area contributed by atoms with Crippen LogP contribution in [0.5, 0.6) is 0 Å². The average Bonchev–Trinajstić information content (AvgIpc) is 4.04. The number of sulfonamides is 1. The third-order valence-corrected chi connectivity index (χ3v) is 14.5. The maximum Gasteiger partial charge on any atom is 0.405 e. The molecule has 1 saturated heterocycles. The number of rotatable bonds is 17. The van der Waals surface area contributed by atoms with Crippen molar-refractivity contribution in [3.05, 3.63) is 60.2 Å². The summed E-state index contributed by atoms with van der Waals surface area (Å²) in [6.07, 6.45) is -2.19. The molecular weight excluding hydrogens is 763 g/mol. The van der Waals surface area contributed by atoms with Gasteiger partial charge in [0.05, 0.1) is 10.00 Å². The van der Waals surface area contributed by atoms with Crippen molar-refractivity contribution in [3.8, 4) is 11.1 Å². The molecule has 3 aliphatic rings. The molecule has 0 bridgehead atoms. The first-order chi connectivity index (χ1) is 26.1. The van der Waals surface area contributed by atoms with Crippen LogP contribution in [0.15, 0.2) is 54.6 Å². The molecule has 4 amide bonds. The van der Waals surface area contributed by atoms with E-state index in [4.69, 9.17) is 0 Å². The van der Waals surface area contributed by atoms with Crippen LogP contribution in [0.2, 0.25) is 0 Å². The fraction of sp³-hybridized carbons (Fsp3) is 0.610. The molecule has 0 unspecified atom stereocenters. The molecule has 0 spiro atoms. The van der Waals surface area contributed by atoms with E-state index in [1.807, 2.05) is 80.1 Å². The van der Waals surface area contributed by atoms with Crippen molar-refractivity contribution < 1.29 is 41.5 Å². The Morgan fingerprint density at radius 2 is 1.59 bits per heavy atom. The van der Waals surface area contributed by atoms with Gasteiger partial charge in [0.25, 0.3) is 5.91 Å². The number of likely N-dealkylation sites (tertiary alicyclic amines) is 1. The van der Waals surface area contributed by atoms with Crippen molar-refractivity contribution >= 4 is 45.6 Å². The molecule has 2 aromatic carbocycles. The molecule has 308 valence electrons. The Hall–Kier alpha value is -3.72. The third kappa shape index (κ3) is 10.0. The molecule has 2 saturated carbocycles. The molecule has 2 aromatic rings. The second kappa shape index (κ2) is 16.6. The number of hydrogen-bond acceptors (Lipinski definition) is 7. The normalized spacial score (nSPS) is 24.4. The Kier molecular flexibility index (Phi) is 12.9. The summed E-state index contributed by atoms with van der Waals surface area (Å²) in [5.74, 6) is -2.85. The van der Waals surface area contributed by atoms with E-state index in [0.717, 1.165) is 29.5 Å². The maximum absolute atomic E-state index is 15.0. The standard InChI is InChI=1S/C41H56F2N4O7S2/c1-7-8-20-55-40(28-16-14-27(15-17-28)26-12-10-9-11-13-26)23-31(47(25-40)35(49)33(44-37(51)52)39(5,6)24-38(2,3)4)34(48)45-41(22-29(41)21-32(42)43)36(50)46-56(53,54)30-18-19-30/h9-17,29-33,44H,7-8,18-25H2,1-6H3,(H,45,48)(H,46,50)(H,51,52)/t29-,31+,33-,40+,41-/m1/s1. The largest absolute Gasteiger partial charge is 0.465 e. The second-order valence-corrected chi connectivity index (χ2v) is 21.0. The first-order valence-electron chi connectivity index (χ1n) is 19.4. The van der Waals surface area contributed by atoms with Gasteiger partial charge >= 0.3 is 6.09 Å². The van der Waals surface area contributed by atoms with E-state index in [-0.39, 0.29) is 24.8 Å². The van der Waals surface area contributed by atoms with Crippen LogP contribution in [-0.2, 0) is 29.2 Å². The topological polar surface area (TPSA) is 162 Å². The van der Waals surface area contributed by atoms with Crippen molar-refractivity contribution in [1.82, 2.24) is 20.3 Å². The Balaban J connectivity index is 1.57. The molecule has 0 radical (unpaired) electrons. The van der Waals surface area contributed by atoms with E-state index in [2.05, 4.69) is 17.6 Å². The number of halogens is 2. The van der Waals surface area contributed by atoms with Crippen LogP contribution in [0.25, 0.3) is 11.1 Å². The molecule has 2 aliphatic carbocycles. The van der Waals surface area contributed by atoms with Crippen LogP contribution in [0.3, 0.4) is 0 Å². The lowest BCUT2D eigenvalue weighted by Gasteiger charge is -2.40. The molecule has 15 heteroatoms. The van der Waals surface area contributed by atoms with Crippen molar-refractivity contribution in [1.29, 1.82) is 0 Å². The highest BCUT2D eigenvalue weighted by Crippen LogP contribution is 2.51. The van der Waals surface area contributed by atoms with Crippen LogP contribution < -0.4 is 15.4 Å². The zero-order valence-electron chi connectivity index (χ0n) is 33.1. The Labute approximate surface area is 333 Å². The van der Waals surface area contributed by atoms with E-state index in [1.165, 1.54) is 4.90 Å². The zero-order chi connectivity index (χ0) is 41.3. The minimum atomic E-state index is -4.08. The summed E-state index contributed by atoms with van der Waals surface area (Å²) < 4.78 is 54.3. The molecule has 5 rings (SSSR count). The average molecular weight is 819 g/mol. The zero-order valence-corrected chi connectivity index (χ0v) is 34.7. The van der Waals surface area contributed by atoms with Gasteiger partial charge in [-0.15, -0.1) is 11.8 Å². The molecule has 4 N–H and O–H groups in total. The van der Waals surface area contributed by atoms with Crippen molar-refractivity contribution in [2.45, 2.75) is 127 Å². The highest BCUT2D eigenvalue weighted by molar-refractivity contribution is 8.00. The van der Waals surface area contributed by atoms with E-state index >= 15 is 0 Å². The van der Waals surface area contributed by atoms with Gasteiger partial charge in [-0.05, 0) is 77.7 Å². The fourth-order valence-electron chi connectivity index (χ4n) is 8.40. The molecule has 5 atom stereocenters. The van der Waals surface area contributed by atoms with Gasteiger partial charge in [-0.3, -0.25) is 19.1 Å². The Bertz CT molecular complexity index is 1870. The first-order valence-corrected chi connectivity index (χ1v) is 21.9. The van der Waals surface area contributed by atoms with Crippen molar-refractivity contribution in [2.24, 2.45) is 16.7 Å². The number of benzene rings is 2. The number of carboxylic acid groups (broad SMARTS) is 1. The number of unbranched alkanes of at least 4 members (excludes halogenated alkanes) is 1. The summed E-state index contributed by atoms with van der Waals surface area (Å²) in [6, 6.07) is 15.2. The highest BCUT2D eigenvalue weighted by atomic mass is 32.2. The van der Waals surface area contributed by atoms with Crippen LogP contribution in [0, 0.1) is 16.7 Å². The molecular formula is C41H56F2N4O7S2. The quantitative estimate of drug-likeness (QED) is 0.125. The van der Waals surface area contributed by atoms with Crippen LogP contribution in [0.1, 0.15) is 98.5 Å². The summed E-state index contributed by atoms with van der Waals surface area (Å²) in [4.78, 5) is 57.0. The predicted molar refractivity (Wildman–Crippen MR) is 214 cm³/mol. The van der Waals surface area contributed by atoms with Crippen LogP contribution in [-0.4, -0.2) is 83.8 Å². The molecule has 11 nitrogen and oxygen atoms in total. The van der Waals surface area contributed by atoms with E-state index in [1.54, 1.807) is 25.6 Å². The summed E-state index contributed by atoms with van der Waals surface area (Å²) >= 11 is 1.59. The lowest BCUT2D eigenvalue weighted by atomic mass is 9.71. The van der Waals surface area contributed by atoms with Crippen molar-refractivity contribution in [2.75, 3.05) is 12.3 Å². The number of carbonyl (C=O) groups excluding carboxylic acids is 3. The van der Waals surface area contributed by atoms with Gasteiger partial charge in [0, 0.05) is 13.0 Å². The first kappa shape index (κ1) is 43.4. The molecule has 1 aliphatic heterocycles. The number of amides is 4. The number of thioether (sulfide) groups is 1. The van der Waals surface area contributed by atoms with E-state index < -0.39 is 85.6 Å². The monoisotopic (exact) mass is 818 g/mol. The molecule has 56 heavy (non-hydrogen) atoms. The van der Waals surface area contributed by atoms with Gasteiger partial charge in [-0.2, -0.15) is 0 Å². The minimum absolute atomic E-state index is 0.0160. The van der Waals surface area contributed by atoms with E-state index in [0.29, 0.717) is 25.0 Å². The second-order valence-electron chi connectivity index (χ2n) is 17.6. The number of hydrogen-bond donors (Lipinski definition) is 4. The lowest BCUT2D eigenvalue weighted by Crippen LogP contribution is -2.60. The predicted octanol–water partition coefficient (Wildman–Crippen LogP) is 6.92. The summed E-state index contributed by atoms with van der Waals surface area (Å²) in [7, 11) is -4.08. The Morgan fingerprint density at radius 1 is 0.964 bits per heavy atom. The number of nitrogens with one attached hydrogen (secondary N) is 3. The van der Waals surface area contributed by atoms with Gasteiger partial charge in [0.1, 0.15) is 17.6 Å². The summed E-state index contributed by atoms with van der Waals surface area (Å²) in [6.45, 7) is 11.6. The van der Waals surface area contributed by atoms with Crippen LogP contribution >= 0.6 is 11.8 Å². The van der Waals surface area contributed by atoms with Gasteiger partial charge in [0.2, 0.25) is 28.3 Å². The Morgan fingerprint density at radius 3 is 2.14 bits per heavy atom. The van der Waals surface area contributed by atoms with Gasteiger partial charge in [-0.1, -0.05) is 103 Å². The van der Waals surface area contributed by atoms with E-state index in [9.17, 15) is 41.5 Å². The van der Waals surface area contributed by atoms with Gasteiger partial charge < -0.3 is 20.6 Å². The maximum atomic E-state index is 15.0. The number of alkyl halides is 2. The SMILES string of the molecule is CCCCS[C@@]1(c2ccc(-c3ccccc3)cc2)C[C@@H](C(=O)N[C@]2(C(=O)NS(=O)(=O)C3CC3)C[C@H]2CC(F)F)N(C(=O)[C@@H](NC(=O)O)C(C)(C)CC(C)(C)C)C1. The smallest absolute Gasteiger partial charge is 0.405 e. The van der Waals surface area contributed by atoms with Gasteiger partial charge in [-0.25, -0.2) is 22.0 Å². The van der Waals surface area contributed by atoms with Crippen LogP contribution in [0.4, 0.5) is 13.6 Å². The highest BCUT2D eigenvalue weighted by Gasteiger charge is 2.64. The molecule has 3 fully saturated rings. The summed E-state index contributed by atoms with van der Waals surface area (Å²) in [5, 5.41) is 14.4. The molecule has 0 aromatic heterocycles. The van der Waals surface area contributed by atoms with Crippen molar-refractivity contribution in [3.63, 3.8) is 0 Å². The minimum Gasteiger partial charge on any atom is -0.465 e.